The van der Waals surface area contributed by atoms with E-state index in [9.17, 15) is 19.3 Å². The number of halogens is 1. The van der Waals surface area contributed by atoms with E-state index < -0.39 is 28.0 Å². The van der Waals surface area contributed by atoms with Crippen LogP contribution < -0.4 is 4.90 Å². The van der Waals surface area contributed by atoms with Gasteiger partial charge in [-0.1, -0.05) is 13.3 Å². The van der Waals surface area contributed by atoms with Gasteiger partial charge in [0.2, 0.25) is 0 Å². The van der Waals surface area contributed by atoms with Crippen molar-refractivity contribution in [3.05, 3.63) is 33.6 Å². The summed E-state index contributed by atoms with van der Waals surface area (Å²) >= 11 is 0. The average molecular weight is 300 g/mol. The molecule has 0 bridgehead atoms. The molecule has 0 amide bonds. The fourth-order valence-electron chi connectivity index (χ4n) is 1.94. The van der Waals surface area contributed by atoms with E-state index in [1.165, 1.54) is 4.90 Å². The van der Waals surface area contributed by atoms with Crippen LogP contribution in [-0.4, -0.2) is 40.8 Å². The number of aromatic carboxylic acids is 1. The van der Waals surface area contributed by atoms with Crippen LogP contribution in [0.2, 0.25) is 0 Å². The molecule has 0 aliphatic rings. The maximum absolute atomic E-state index is 14.0. The Labute approximate surface area is 120 Å². The highest BCUT2D eigenvalue weighted by Crippen LogP contribution is 2.29. The third-order valence-electron chi connectivity index (χ3n) is 2.98. The maximum Gasteiger partial charge on any atom is 0.342 e. The minimum Gasteiger partial charge on any atom is -0.477 e. The number of carboxylic acid groups (broad SMARTS) is 1. The maximum atomic E-state index is 14.0. The SMILES string of the molecule is CCCCN(CCO)c1cc(C(=O)O)c([N+](=O)[O-])cc1F. The first-order valence-corrected chi connectivity index (χ1v) is 6.49. The minimum atomic E-state index is -1.50. The summed E-state index contributed by atoms with van der Waals surface area (Å²) in [5.74, 6) is -2.38. The van der Waals surface area contributed by atoms with Gasteiger partial charge in [-0.25, -0.2) is 9.18 Å². The molecule has 0 saturated carbocycles. The Hall–Kier alpha value is -2.22. The van der Waals surface area contributed by atoms with Crippen LogP contribution in [0, 0.1) is 15.9 Å². The van der Waals surface area contributed by atoms with E-state index in [-0.39, 0.29) is 18.8 Å². The number of unbranched alkanes of at least 4 members (excludes halogenated alkanes) is 1. The van der Waals surface area contributed by atoms with Crippen LogP contribution in [0.3, 0.4) is 0 Å². The van der Waals surface area contributed by atoms with E-state index >= 15 is 0 Å². The van der Waals surface area contributed by atoms with Crippen molar-refractivity contribution in [2.45, 2.75) is 19.8 Å². The highest BCUT2D eigenvalue weighted by atomic mass is 19.1. The van der Waals surface area contributed by atoms with Crippen molar-refractivity contribution < 1.29 is 24.3 Å². The molecule has 0 saturated heterocycles. The van der Waals surface area contributed by atoms with E-state index in [4.69, 9.17) is 10.2 Å². The molecule has 0 aromatic heterocycles. The van der Waals surface area contributed by atoms with Crippen molar-refractivity contribution in [2.75, 3.05) is 24.6 Å². The lowest BCUT2D eigenvalue weighted by atomic mass is 10.1. The number of hydrogen-bond donors (Lipinski definition) is 2. The molecule has 21 heavy (non-hydrogen) atoms. The molecule has 0 aliphatic heterocycles. The molecule has 8 heteroatoms. The number of nitro benzene ring substituents is 1. The Morgan fingerprint density at radius 1 is 1.43 bits per heavy atom. The molecule has 116 valence electrons. The predicted octanol–water partition coefficient (Wildman–Crippen LogP) is 2.03. The van der Waals surface area contributed by atoms with Gasteiger partial charge in [-0.2, -0.15) is 0 Å². The van der Waals surface area contributed by atoms with Crippen molar-refractivity contribution in [3.8, 4) is 0 Å². The number of aliphatic hydroxyl groups is 1. The van der Waals surface area contributed by atoms with Crippen LogP contribution >= 0.6 is 0 Å². The topological polar surface area (TPSA) is 104 Å². The Kier molecular flexibility index (Phi) is 6.04. The lowest BCUT2D eigenvalue weighted by Crippen LogP contribution is -2.29. The van der Waals surface area contributed by atoms with Gasteiger partial charge in [-0.05, 0) is 12.5 Å². The van der Waals surface area contributed by atoms with Crippen molar-refractivity contribution in [1.29, 1.82) is 0 Å². The van der Waals surface area contributed by atoms with Crippen molar-refractivity contribution in [1.82, 2.24) is 0 Å². The summed E-state index contributed by atoms with van der Waals surface area (Å²) < 4.78 is 14.0. The second-order valence-electron chi connectivity index (χ2n) is 4.45. The first kappa shape index (κ1) is 16.8. The summed E-state index contributed by atoms with van der Waals surface area (Å²) in [5.41, 5.74) is -1.42. The second kappa shape index (κ2) is 7.53. The van der Waals surface area contributed by atoms with Gasteiger partial charge in [0.05, 0.1) is 23.3 Å². The number of aliphatic hydroxyl groups excluding tert-OH is 1. The molecule has 0 heterocycles. The van der Waals surface area contributed by atoms with Gasteiger partial charge in [-0.3, -0.25) is 10.1 Å². The average Bonchev–Trinajstić information content (AvgIpc) is 2.43. The summed E-state index contributed by atoms with van der Waals surface area (Å²) in [6.45, 7) is 2.24. The molecule has 7 nitrogen and oxygen atoms in total. The van der Waals surface area contributed by atoms with Gasteiger partial charge in [0, 0.05) is 13.1 Å². The lowest BCUT2D eigenvalue weighted by molar-refractivity contribution is -0.385. The summed E-state index contributed by atoms with van der Waals surface area (Å²) in [7, 11) is 0. The normalized spacial score (nSPS) is 10.4. The summed E-state index contributed by atoms with van der Waals surface area (Å²) in [6, 6.07) is 1.55. The van der Waals surface area contributed by atoms with Gasteiger partial charge in [-0.15, -0.1) is 0 Å². The number of carbonyl (C=O) groups is 1. The third kappa shape index (κ3) is 4.12. The molecule has 2 N–H and O–H groups in total. The zero-order chi connectivity index (χ0) is 16.0. The molecule has 0 spiro atoms. The summed E-state index contributed by atoms with van der Waals surface area (Å²) in [5, 5.41) is 28.8. The zero-order valence-electron chi connectivity index (χ0n) is 11.6. The second-order valence-corrected chi connectivity index (χ2v) is 4.45. The zero-order valence-corrected chi connectivity index (χ0v) is 11.6. The number of benzene rings is 1. The highest BCUT2D eigenvalue weighted by Gasteiger charge is 2.25. The number of nitro groups is 1. The molecular weight excluding hydrogens is 283 g/mol. The molecule has 0 unspecified atom stereocenters. The fourth-order valence-corrected chi connectivity index (χ4v) is 1.94. The standard InChI is InChI=1S/C13H17FN2O5/c1-2-3-4-15(5-6-17)12-7-9(13(18)19)11(16(20)21)8-10(12)14/h7-8,17H,2-6H2,1H3,(H,18,19). The number of rotatable bonds is 8. The van der Waals surface area contributed by atoms with E-state index in [0.717, 1.165) is 18.9 Å². The molecule has 1 aromatic carbocycles. The number of carboxylic acids is 1. The Balaban J connectivity index is 3.30. The first-order chi connectivity index (χ1) is 9.92. The molecule has 0 atom stereocenters. The van der Waals surface area contributed by atoms with Gasteiger partial charge < -0.3 is 15.1 Å². The molecule has 1 rings (SSSR count). The van der Waals surface area contributed by atoms with Crippen LogP contribution in [0.25, 0.3) is 0 Å². The van der Waals surface area contributed by atoms with E-state index in [1.807, 2.05) is 6.92 Å². The summed E-state index contributed by atoms with van der Waals surface area (Å²) in [6.07, 6.45) is 1.56. The van der Waals surface area contributed by atoms with Crippen LogP contribution in [0.1, 0.15) is 30.1 Å². The van der Waals surface area contributed by atoms with Gasteiger partial charge in [0.1, 0.15) is 5.56 Å². The molecule has 0 fully saturated rings. The van der Waals surface area contributed by atoms with Gasteiger partial charge in [0.15, 0.2) is 5.82 Å². The number of hydrogen-bond acceptors (Lipinski definition) is 5. The van der Waals surface area contributed by atoms with E-state index in [2.05, 4.69) is 0 Å². The van der Waals surface area contributed by atoms with Crippen molar-refractivity contribution >= 4 is 17.3 Å². The van der Waals surface area contributed by atoms with E-state index in [1.54, 1.807) is 0 Å². The van der Waals surface area contributed by atoms with Crippen molar-refractivity contribution in [2.24, 2.45) is 0 Å². The number of anilines is 1. The van der Waals surface area contributed by atoms with Crippen LogP contribution in [0.15, 0.2) is 12.1 Å². The van der Waals surface area contributed by atoms with E-state index in [0.29, 0.717) is 12.6 Å². The Bertz CT molecular complexity index is 536. The van der Waals surface area contributed by atoms with Crippen molar-refractivity contribution in [3.63, 3.8) is 0 Å². The Morgan fingerprint density at radius 3 is 2.57 bits per heavy atom. The highest BCUT2D eigenvalue weighted by molar-refractivity contribution is 5.93. The molecule has 0 radical (unpaired) electrons. The quantitative estimate of drug-likeness (QED) is 0.562. The molecule has 1 aromatic rings. The fraction of sp³-hybridized carbons (Fsp3) is 0.462. The van der Waals surface area contributed by atoms with Crippen LogP contribution in [-0.2, 0) is 0 Å². The number of nitrogens with zero attached hydrogens (tertiary/aromatic N) is 2. The van der Waals surface area contributed by atoms with Gasteiger partial charge >= 0.3 is 5.97 Å². The van der Waals surface area contributed by atoms with Crippen LogP contribution in [0.4, 0.5) is 15.8 Å². The lowest BCUT2D eigenvalue weighted by Gasteiger charge is -2.24. The smallest absolute Gasteiger partial charge is 0.342 e. The molecular formula is C13H17FN2O5. The minimum absolute atomic E-state index is 0.0551. The third-order valence-corrected chi connectivity index (χ3v) is 2.98. The molecule has 0 aliphatic carbocycles. The van der Waals surface area contributed by atoms with Gasteiger partial charge in [0.25, 0.3) is 5.69 Å². The van der Waals surface area contributed by atoms with Crippen LogP contribution in [0.5, 0.6) is 0 Å². The predicted molar refractivity (Wildman–Crippen MR) is 74.2 cm³/mol. The largest absolute Gasteiger partial charge is 0.477 e. The summed E-state index contributed by atoms with van der Waals surface area (Å²) in [4.78, 5) is 22.4. The first-order valence-electron chi connectivity index (χ1n) is 6.49. The monoisotopic (exact) mass is 300 g/mol. The Morgan fingerprint density at radius 2 is 2.10 bits per heavy atom.